The van der Waals surface area contributed by atoms with E-state index in [1.807, 2.05) is 25.1 Å². The summed E-state index contributed by atoms with van der Waals surface area (Å²) in [6.45, 7) is 1.83. The Hall–Kier alpha value is -0.790. The largest absolute Gasteiger partial charge is 0.386 e. The van der Waals surface area contributed by atoms with Gasteiger partial charge >= 0.3 is 0 Å². The topological polar surface area (TPSA) is 20.2 Å². The molecule has 2 aromatic heterocycles. The van der Waals surface area contributed by atoms with Crippen LogP contribution in [0, 0.1) is 11.8 Å². The van der Waals surface area contributed by atoms with Crippen LogP contribution in [-0.4, -0.2) is 11.0 Å². The molecular formula is C13H11ClOS2. The second-order valence-corrected chi connectivity index (χ2v) is 5.92. The fraction of sp³-hybridized carbons (Fsp3) is 0.231. The van der Waals surface area contributed by atoms with Gasteiger partial charge in [0, 0.05) is 14.6 Å². The molecule has 1 N–H and O–H groups in total. The van der Waals surface area contributed by atoms with Crippen molar-refractivity contribution in [3.05, 3.63) is 34.0 Å². The van der Waals surface area contributed by atoms with Crippen molar-refractivity contribution in [2.75, 3.05) is 5.88 Å². The first kappa shape index (κ1) is 12.7. The zero-order valence-electron chi connectivity index (χ0n) is 9.24. The van der Waals surface area contributed by atoms with Crippen molar-refractivity contribution in [3.63, 3.8) is 0 Å². The third kappa shape index (κ3) is 2.91. The van der Waals surface area contributed by atoms with Crippen LogP contribution in [0.4, 0.5) is 0 Å². The van der Waals surface area contributed by atoms with Crippen molar-refractivity contribution >= 4 is 34.3 Å². The van der Waals surface area contributed by atoms with Crippen LogP contribution in [0.25, 0.3) is 9.75 Å². The number of hydrogen-bond acceptors (Lipinski definition) is 3. The SMILES string of the molecule is CC#Cc1ccc(-c2ccc([C@@H](O)CCl)s2)s1. The van der Waals surface area contributed by atoms with Gasteiger partial charge in [0.2, 0.25) is 0 Å². The molecular weight excluding hydrogens is 272 g/mol. The zero-order chi connectivity index (χ0) is 12.3. The van der Waals surface area contributed by atoms with Gasteiger partial charge in [0.15, 0.2) is 0 Å². The van der Waals surface area contributed by atoms with Gasteiger partial charge in [0.05, 0.1) is 10.8 Å². The highest BCUT2D eigenvalue weighted by Gasteiger charge is 2.11. The van der Waals surface area contributed by atoms with Gasteiger partial charge in [-0.1, -0.05) is 5.92 Å². The molecule has 1 atom stereocenters. The van der Waals surface area contributed by atoms with Crippen LogP contribution >= 0.6 is 34.3 Å². The molecule has 0 saturated heterocycles. The summed E-state index contributed by atoms with van der Waals surface area (Å²) in [5.74, 6) is 6.16. The molecule has 0 spiro atoms. The Kier molecular flexibility index (Phi) is 4.25. The average molecular weight is 283 g/mol. The van der Waals surface area contributed by atoms with E-state index >= 15 is 0 Å². The fourth-order valence-electron chi connectivity index (χ4n) is 1.40. The molecule has 0 fully saturated rings. The summed E-state index contributed by atoms with van der Waals surface area (Å²) in [5.41, 5.74) is 0. The number of rotatable bonds is 3. The third-order valence-corrected chi connectivity index (χ3v) is 4.87. The highest BCUT2D eigenvalue weighted by molar-refractivity contribution is 7.22. The summed E-state index contributed by atoms with van der Waals surface area (Å²) >= 11 is 8.87. The number of halogens is 1. The molecule has 0 bridgehead atoms. The zero-order valence-corrected chi connectivity index (χ0v) is 11.6. The standard InChI is InChI=1S/C13H11ClOS2/c1-2-3-9-4-5-12(16-9)13-7-6-11(17-13)10(15)8-14/h4-7,10,15H,8H2,1H3/t10-/m0/s1. The van der Waals surface area contributed by atoms with Gasteiger partial charge in [-0.15, -0.1) is 40.2 Å². The van der Waals surface area contributed by atoms with Gasteiger partial charge in [-0.3, -0.25) is 0 Å². The van der Waals surface area contributed by atoms with Gasteiger partial charge in [0.25, 0.3) is 0 Å². The summed E-state index contributed by atoms with van der Waals surface area (Å²) in [6.07, 6.45) is -0.565. The normalized spacial score (nSPS) is 11.9. The van der Waals surface area contributed by atoms with Crippen LogP contribution in [-0.2, 0) is 0 Å². The molecule has 2 rings (SSSR count). The van der Waals surface area contributed by atoms with E-state index in [2.05, 4.69) is 17.9 Å². The van der Waals surface area contributed by atoms with Gasteiger partial charge in [-0.05, 0) is 31.2 Å². The van der Waals surface area contributed by atoms with Crippen LogP contribution in [0.5, 0.6) is 0 Å². The first-order valence-electron chi connectivity index (χ1n) is 5.11. The lowest BCUT2D eigenvalue weighted by Crippen LogP contribution is -1.93. The van der Waals surface area contributed by atoms with Crippen molar-refractivity contribution in [1.82, 2.24) is 0 Å². The fourth-order valence-corrected chi connectivity index (χ4v) is 3.65. The Labute approximate surface area is 114 Å². The maximum atomic E-state index is 9.64. The molecule has 2 heterocycles. The second kappa shape index (κ2) is 5.70. The van der Waals surface area contributed by atoms with E-state index in [1.54, 1.807) is 22.7 Å². The quantitative estimate of drug-likeness (QED) is 0.663. The number of hydrogen-bond donors (Lipinski definition) is 1. The van der Waals surface area contributed by atoms with E-state index in [0.717, 1.165) is 14.6 Å². The van der Waals surface area contributed by atoms with Crippen molar-refractivity contribution in [3.8, 4) is 21.6 Å². The monoisotopic (exact) mass is 282 g/mol. The van der Waals surface area contributed by atoms with Crippen molar-refractivity contribution < 1.29 is 5.11 Å². The highest BCUT2D eigenvalue weighted by atomic mass is 35.5. The summed E-state index contributed by atoms with van der Waals surface area (Å²) in [6, 6.07) is 8.03. The van der Waals surface area contributed by atoms with Crippen LogP contribution in [0.3, 0.4) is 0 Å². The van der Waals surface area contributed by atoms with Crippen LogP contribution < -0.4 is 0 Å². The molecule has 4 heteroatoms. The maximum absolute atomic E-state index is 9.64. The van der Waals surface area contributed by atoms with E-state index in [0.29, 0.717) is 0 Å². The van der Waals surface area contributed by atoms with Crippen molar-refractivity contribution in [2.24, 2.45) is 0 Å². The van der Waals surface area contributed by atoms with E-state index in [1.165, 1.54) is 4.88 Å². The molecule has 0 unspecified atom stereocenters. The van der Waals surface area contributed by atoms with Crippen LogP contribution in [0.1, 0.15) is 22.8 Å². The summed E-state index contributed by atoms with van der Waals surface area (Å²) in [7, 11) is 0. The van der Waals surface area contributed by atoms with Crippen molar-refractivity contribution in [2.45, 2.75) is 13.0 Å². The third-order valence-electron chi connectivity index (χ3n) is 2.20. The Bertz CT molecular complexity index is 559. The molecule has 0 aliphatic heterocycles. The van der Waals surface area contributed by atoms with Crippen LogP contribution in [0.15, 0.2) is 24.3 Å². The maximum Gasteiger partial charge on any atom is 0.102 e. The number of aliphatic hydroxyl groups excluding tert-OH is 1. The molecule has 0 saturated carbocycles. The number of aliphatic hydroxyl groups is 1. The Morgan fingerprint density at radius 1 is 1.24 bits per heavy atom. The second-order valence-electron chi connectivity index (χ2n) is 3.41. The van der Waals surface area contributed by atoms with Gasteiger partial charge in [-0.25, -0.2) is 0 Å². The molecule has 88 valence electrons. The molecule has 2 aromatic rings. The number of thiophene rings is 2. The molecule has 0 amide bonds. The smallest absolute Gasteiger partial charge is 0.102 e. The van der Waals surface area contributed by atoms with Gasteiger partial charge in [0.1, 0.15) is 6.10 Å². The lowest BCUT2D eigenvalue weighted by molar-refractivity contribution is 0.206. The average Bonchev–Trinajstić information content (AvgIpc) is 2.96. The summed E-state index contributed by atoms with van der Waals surface area (Å²) in [5, 5.41) is 9.64. The molecule has 17 heavy (non-hydrogen) atoms. The lowest BCUT2D eigenvalue weighted by atomic mass is 10.3. The minimum Gasteiger partial charge on any atom is -0.386 e. The first-order chi connectivity index (χ1) is 8.24. The van der Waals surface area contributed by atoms with Crippen LogP contribution in [0.2, 0.25) is 0 Å². The predicted molar refractivity (Wildman–Crippen MR) is 75.9 cm³/mol. The molecule has 0 radical (unpaired) electrons. The lowest BCUT2D eigenvalue weighted by Gasteiger charge is -2.00. The van der Waals surface area contributed by atoms with Gasteiger partial charge < -0.3 is 5.11 Å². The van der Waals surface area contributed by atoms with E-state index < -0.39 is 6.10 Å². The van der Waals surface area contributed by atoms with Gasteiger partial charge in [-0.2, -0.15) is 0 Å². The van der Waals surface area contributed by atoms with E-state index in [9.17, 15) is 5.11 Å². The predicted octanol–water partition coefficient (Wildman–Crippen LogP) is 4.12. The molecule has 0 aliphatic carbocycles. The first-order valence-corrected chi connectivity index (χ1v) is 7.28. The highest BCUT2D eigenvalue weighted by Crippen LogP contribution is 2.35. The molecule has 0 aromatic carbocycles. The van der Waals surface area contributed by atoms with E-state index in [4.69, 9.17) is 11.6 Å². The summed E-state index contributed by atoms with van der Waals surface area (Å²) in [4.78, 5) is 4.31. The Morgan fingerprint density at radius 2 is 1.94 bits per heavy atom. The van der Waals surface area contributed by atoms with E-state index in [-0.39, 0.29) is 5.88 Å². The Balaban J connectivity index is 2.26. The minimum atomic E-state index is -0.565. The number of alkyl halides is 1. The van der Waals surface area contributed by atoms with Crippen molar-refractivity contribution in [1.29, 1.82) is 0 Å². The minimum absolute atomic E-state index is 0.233. The summed E-state index contributed by atoms with van der Waals surface area (Å²) < 4.78 is 0. The Morgan fingerprint density at radius 3 is 2.65 bits per heavy atom. The molecule has 0 aliphatic rings. The molecule has 1 nitrogen and oxygen atoms in total.